The van der Waals surface area contributed by atoms with Crippen LogP contribution in [0.25, 0.3) is 0 Å². The smallest absolute Gasteiger partial charge is 0.335 e. The molecule has 1 aliphatic rings. The number of aromatic carboxylic acids is 1. The van der Waals surface area contributed by atoms with Crippen molar-refractivity contribution in [2.45, 2.75) is 26.0 Å². The van der Waals surface area contributed by atoms with Crippen LogP contribution in [0.15, 0.2) is 18.2 Å². The normalized spacial score (nSPS) is 21.5. The summed E-state index contributed by atoms with van der Waals surface area (Å²) in [5.74, 6) is -1.22. The predicted molar refractivity (Wildman–Crippen MR) is 68.4 cm³/mol. The van der Waals surface area contributed by atoms with Gasteiger partial charge in [0.2, 0.25) is 0 Å². The predicted octanol–water partition coefficient (Wildman–Crippen LogP) is 1.73. The summed E-state index contributed by atoms with van der Waals surface area (Å²) in [7, 11) is 0. The molecular formula is C14H18FNO3. The molecule has 0 amide bonds. The first kappa shape index (κ1) is 14.0. The van der Waals surface area contributed by atoms with Gasteiger partial charge in [-0.05, 0) is 44.0 Å². The number of hydrogen-bond acceptors (Lipinski definition) is 3. The van der Waals surface area contributed by atoms with E-state index in [0.29, 0.717) is 18.7 Å². The fourth-order valence-corrected chi connectivity index (χ4v) is 2.47. The number of halogens is 1. The van der Waals surface area contributed by atoms with Crippen molar-refractivity contribution < 1.29 is 19.4 Å². The summed E-state index contributed by atoms with van der Waals surface area (Å²) in [5.41, 5.74) is 0.494. The summed E-state index contributed by atoms with van der Waals surface area (Å²) in [6.45, 7) is 3.66. The van der Waals surface area contributed by atoms with E-state index in [1.54, 1.807) is 6.92 Å². The number of carboxylic acid groups (broad SMARTS) is 1. The molecule has 2 N–H and O–H groups in total. The number of carbonyl (C=O) groups is 1. The maximum absolute atomic E-state index is 13.7. The highest BCUT2D eigenvalue weighted by Gasteiger charge is 2.26. The Hall–Kier alpha value is -1.46. The Bertz CT molecular complexity index is 476. The molecule has 1 fully saturated rings. The summed E-state index contributed by atoms with van der Waals surface area (Å²) >= 11 is 0. The van der Waals surface area contributed by atoms with Gasteiger partial charge in [0.1, 0.15) is 5.82 Å². The molecule has 2 atom stereocenters. The van der Waals surface area contributed by atoms with E-state index in [0.717, 1.165) is 13.0 Å². The standard InChI is InChI=1S/C14H18FNO3/c1-9(17)11-4-5-16(7-11)8-12-6-10(14(18)19)2-3-13(12)15/h2-3,6,9,11,17H,4-5,7-8H2,1H3,(H,18,19). The number of rotatable bonds is 4. The van der Waals surface area contributed by atoms with Gasteiger partial charge in [0.05, 0.1) is 11.7 Å². The minimum atomic E-state index is -1.05. The molecule has 1 heterocycles. The van der Waals surface area contributed by atoms with Crippen molar-refractivity contribution in [1.29, 1.82) is 0 Å². The second kappa shape index (κ2) is 5.67. The average molecular weight is 267 g/mol. The third kappa shape index (κ3) is 3.30. The van der Waals surface area contributed by atoms with Crippen LogP contribution in [0.2, 0.25) is 0 Å². The molecule has 1 aromatic carbocycles. The quantitative estimate of drug-likeness (QED) is 0.872. The Labute approximate surface area is 111 Å². The Morgan fingerprint density at radius 3 is 2.89 bits per heavy atom. The summed E-state index contributed by atoms with van der Waals surface area (Å²) in [6, 6.07) is 3.85. The van der Waals surface area contributed by atoms with E-state index in [9.17, 15) is 14.3 Å². The zero-order valence-electron chi connectivity index (χ0n) is 10.8. The molecule has 2 unspecified atom stereocenters. The van der Waals surface area contributed by atoms with Crippen LogP contribution >= 0.6 is 0 Å². The molecule has 5 heteroatoms. The molecule has 104 valence electrons. The molecule has 0 radical (unpaired) electrons. The molecular weight excluding hydrogens is 249 g/mol. The van der Waals surface area contributed by atoms with E-state index in [1.807, 2.05) is 4.90 Å². The first-order valence-electron chi connectivity index (χ1n) is 6.39. The van der Waals surface area contributed by atoms with E-state index in [4.69, 9.17) is 5.11 Å². The fourth-order valence-electron chi connectivity index (χ4n) is 2.47. The van der Waals surface area contributed by atoms with Crippen LogP contribution in [-0.4, -0.2) is 40.3 Å². The Morgan fingerprint density at radius 2 is 2.32 bits per heavy atom. The molecule has 19 heavy (non-hydrogen) atoms. The molecule has 1 aliphatic heterocycles. The average Bonchev–Trinajstić information content (AvgIpc) is 2.80. The minimum Gasteiger partial charge on any atom is -0.478 e. The largest absolute Gasteiger partial charge is 0.478 e. The number of hydrogen-bond donors (Lipinski definition) is 2. The van der Waals surface area contributed by atoms with E-state index in [-0.39, 0.29) is 23.4 Å². The number of benzene rings is 1. The lowest BCUT2D eigenvalue weighted by molar-refractivity contribution is 0.0696. The number of likely N-dealkylation sites (tertiary alicyclic amines) is 1. The van der Waals surface area contributed by atoms with E-state index < -0.39 is 5.97 Å². The maximum Gasteiger partial charge on any atom is 0.335 e. The molecule has 0 saturated carbocycles. The molecule has 0 bridgehead atoms. The van der Waals surface area contributed by atoms with Crippen molar-refractivity contribution in [2.75, 3.05) is 13.1 Å². The number of aliphatic hydroxyl groups excluding tert-OH is 1. The highest BCUT2D eigenvalue weighted by atomic mass is 19.1. The van der Waals surface area contributed by atoms with Crippen LogP contribution in [0, 0.1) is 11.7 Å². The number of aliphatic hydroxyl groups is 1. The van der Waals surface area contributed by atoms with Crippen molar-refractivity contribution in [3.63, 3.8) is 0 Å². The van der Waals surface area contributed by atoms with Crippen molar-refractivity contribution >= 4 is 5.97 Å². The first-order valence-corrected chi connectivity index (χ1v) is 6.39. The SMILES string of the molecule is CC(O)C1CCN(Cc2cc(C(=O)O)ccc2F)C1. The molecule has 0 aliphatic carbocycles. The Balaban J connectivity index is 2.07. The lowest BCUT2D eigenvalue weighted by Crippen LogP contribution is -2.24. The van der Waals surface area contributed by atoms with Gasteiger partial charge in [-0.2, -0.15) is 0 Å². The third-order valence-electron chi connectivity index (χ3n) is 3.68. The molecule has 0 aromatic heterocycles. The minimum absolute atomic E-state index is 0.0997. The monoisotopic (exact) mass is 267 g/mol. The third-order valence-corrected chi connectivity index (χ3v) is 3.68. The van der Waals surface area contributed by atoms with Gasteiger partial charge in [-0.3, -0.25) is 4.90 Å². The zero-order valence-corrected chi connectivity index (χ0v) is 10.8. The van der Waals surface area contributed by atoms with Gasteiger partial charge in [-0.25, -0.2) is 9.18 Å². The van der Waals surface area contributed by atoms with Crippen LogP contribution in [0.1, 0.15) is 29.3 Å². The number of nitrogens with zero attached hydrogens (tertiary/aromatic N) is 1. The lowest BCUT2D eigenvalue weighted by atomic mass is 10.0. The fraction of sp³-hybridized carbons (Fsp3) is 0.500. The van der Waals surface area contributed by atoms with Gasteiger partial charge in [0.15, 0.2) is 0 Å². The second-order valence-corrected chi connectivity index (χ2v) is 5.14. The summed E-state index contributed by atoms with van der Waals surface area (Å²) in [6.07, 6.45) is 0.526. The summed E-state index contributed by atoms with van der Waals surface area (Å²) in [4.78, 5) is 12.9. The molecule has 4 nitrogen and oxygen atoms in total. The van der Waals surface area contributed by atoms with Crippen LogP contribution in [0.3, 0.4) is 0 Å². The molecule has 2 rings (SSSR count). The Morgan fingerprint density at radius 1 is 1.58 bits per heavy atom. The summed E-state index contributed by atoms with van der Waals surface area (Å²) in [5, 5.41) is 18.4. The van der Waals surface area contributed by atoms with Crippen molar-refractivity contribution in [3.8, 4) is 0 Å². The lowest BCUT2D eigenvalue weighted by Gasteiger charge is -2.18. The second-order valence-electron chi connectivity index (χ2n) is 5.14. The van der Waals surface area contributed by atoms with Gasteiger partial charge < -0.3 is 10.2 Å². The van der Waals surface area contributed by atoms with E-state index in [1.165, 1.54) is 18.2 Å². The van der Waals surface area contributed by atoms with Crippen LogP contribution in [-0.2, 0) is 6.54 Å². The first-order chi connectivity index (χ1) is 8.97. The van der Waals surface area contributed by atoms with Crippen molar-refractivity contribution in [3.05, 3.63) is 35.1 Å². The molecule has 1 aromatic rings. The zero-order chi connectivity index (χ0) is 14.0. The van der Waals surface area contributed by atoms with E-state index >= 15 is 0 Å². The summed E-state index contributed by atoms with van der Waals surface area (Å²) < 4.78 is 13.7. The Kier molecular flexibility index (Phi) is 4.17. The molecule has 1 saturated heterocycles. The maximum atomic E-state index is 13.7. The van der Waals surface area contributed by atoms with Gasteiger partial charge in [-0.15, -0.1) is 0 Å². The van der Waals surface area contributed by atoms with Crippen LogP contribution < -0.4 is 0 Å². The van der Waals surface area contributed by atoms with E-state index in [2.05, 4.69) is 0 Å². The highest BCUT2D eigenvalue weighted by Crippen LogP contribution is 2.22. The van der Waals surface area contributed by atoms with Crippen LogP contribution in [0.5, 0.6) is 0 Å². The highest BCUT2D eigenvalue weighted by molar-refractivity contribution is 5.87. The topological polar surface area (TPSA) is 60.8 Å². The molecule has 0 spiro atoms. The van der Waals surface area contributed by atoms with Gasteiger partial charge in [-0.1, -0.05) is 0 Å². The number of carboxylic acids is 1. The van der Waals surface area contributed by atoms with Crippen molar-refractivity contribution in [1.82, 2.24) is 4.90 Å². The van der Waals surface area contributed by atoms with Crippen LogP contribution in [0.4, 0.5) is 4.39 Å². The van der Waals surface area contributed by atoms with Gasteiger partial charge in [0, 0.05) is 18.7 Å². The van der Waals surface area contributed by atoms with Gasteiger partial charge >= 0.3 is 5.97 Å². The van der Waals surface area contributed by atoms with Crippen molar-refractivity contribution in [2.24, 2.45) is 5.92 Å². The van der Waals surface area contributed by atoms with Gasteiger partial charge in [0.25, 0.3) is 0 Å².